The fraction of sp³-hybridized carbons (Fsp3) is 0.440. The fourth-order valence-electron chi connectivity index (χ4n) is 4.46. The summed E-state index contributed by atoms with van der Waals surface area (Å²) in [5.41, 5.74) is -2.20. The lowest BCUT2D eigenvalue weighted by molar-refractivity contribution is -0.277. The van der Waals surface area contributed by atoms with Crippen LogP contribution in [0.25, 0.3) is 11.6 Å². The number of amides is 1. The number of rotatable bonds is 4. The van der Waals surface area contributed by atoms with E-state index in [9.17, 15) is 49.4 Å². The van der Waals surface area contributed by atoms with Gasteiger partial charge in [-0.1, -0.05) is 6.42 Å². The third-order valence-corrected chi connectivity index (χ3v) is 6.62. The molecule has 0 aliphatic carbocycles. The Bertz CT molecular complexity index is 1520. The highest BCUT2D eigenvalue weighted by molar-refractivity contribution is 5.95. The molecule has 3 heterocycles. The van der Waals surface area contributed by atoms with E-state index in [1.807, 2.05) is 0 Å². The molecular formula is C25H22F9N5O5. The summed E-state index contributed by atoms with van der Waals surface area (Å²) in [6, 6.07) is 3.16. The van der Waals surface area contributed by atoms with Crippen LogP contribution in [0.1, 0.15) is 53.2 Å². The average Bonchev–Trinajstić information content (AvgIpc) is 3.40. The van der Waals surface area contributed by atoms with Crippen molar-refractivity contribution < 1.29 is 63.3 Å². The second-order valence-electron chi connectivity index (χ2n) is 9.65. The number of nitrogens with two attached hydrogens (primary N) is 1. The van der Waals surface area contributed by atoms with Gasteiger partial charge in [-0.25, -0.2) is 4.98 Å². The van der Waals surface area contributed by atoms with Crippen molar-refractivity contribution in [1.29, 1.82) is 0 Å². The first-order valence-corrected chi connectivity index (χ1v) is 12.6. The van der Waals surface area contributed by atoms with Crippen molar-refractivity contribution in [2.75, 3.05) is 19.4 Å². The number of halogens is 9. The van der Waals surface area contributed by atoms with Gasteiger partial charge in [0.25, 0.3) is 17.7 Å². The van der Waals surface area contributed by atoms with Crippen LogP contribution in [-0.4, -0.2) is 57.3 Å². The van der Waals surface area contributed by atoms with E-state index >= 15 is 0 Å². The Balaban J connectivity index is 1.83. The summed E-state index contributed by atoms with van der Waals surface area (Å²) in [5.74, 6) is -4.38. The molecule has 1 atom stereocenters. The number of hydrogen-bond donors (Lipinski definition) is 2. The van der Waals surface area contributed by atoms with Crippen LogP contribution in [0.4, 0.5) is 45.2 Å². The van der Waals surface area contributed by atoms with E-state index in [4.69, 9.17) is 14.9 Å². The highest BCUT2D eigenvalue weighted by Gasteiger charge is 2.58. The Hall–Kier alpha value is -4.29. The van der Waals surface area contributed by atoms with E-state index in [-0.39, 0.29) is 37.1 Å². The normalized spacial score (nSPS) is 18.6. The number of carbonyl (C=O) groups excluding carboxylic acids is 1. The van der Waals surface area contributed by atoms with Crippen LogP contribution in [0, 0.1) is 0 Å². The molecule has 4 bridgehead atoms. The number of anilines is 1. The van der Waals surface area contributed by atoms with Crippen molar-refractivity contribution in [3.63, 3.8) is 0 Å². The number of nitrogen functional groups attached to an aromatic ring is 1. The van der Waals surface area contributed by atoms with Crippen molar-refractivity contribution in [2.24, 2.45) is 0 Å². The molecular weight excluding hydrogens is 621 g/mol. The number of nitrogens with zero attached hydrogens (tertiary/aromatic N) is 4. The lowest BCUT2D eigenvalue weighted by Crippen LogP contribution is -2.42. The van der Waals surface area contributed by atoms with Gasteiger partial charge < -0.3 is 29.6 Å². The molecule has 1 aromatic carbocycles. The molecule has 44 heavy (non-hydrogen) atoms. The van der Waals surface area contributed by atoms with Gasteiger partial charge in [0.15, 0.2) is 5.69 Å². The minimum atomic E-state index is -5.29. The quantitative estimate of drug-likeness (QED) is 0.348. The summed E-state index contributed by atoms with van der Waals surface area (Å²) in [5, 5.41) is 17.1. The Labute approximate surface area is 241 Å². The van der Waals surface area contributed by atoms with Gasteiger partial charge in [0.05, 0.1) is 18.4 Å². The smallest absolute Gasteiger partial charge is 0.496 e. The van der Waals surface area contributed by atoms with Gasteiger partial charge >= 0.3 is 18.7 Å². The first kappa shape index (κ1) is 32.6. The zero-order valence-corrected chi connectivity index (χ0v) is 22.4. The third kappa shape index (κ3) is 6.76. The maximum atomic E-state index is 14.1. The second kappa shape index (κ2) is 11.7. The largest absolute Gasteiger partial charge is 0.573 e. The highest BCUT2D eigenvalue weighted by atomic mass is 19.4. The molecule has 1 aliphatic heterocycles. The number of carbonyl (C=O) groups is 1. The second-order valence-corrected chi connectivity index (χ2v) is 9.65. The molecule has 1 unspecified atom stereocenters. The van der Waals surface area contributed by atoms with Crippen molar-refractivity contribution in [3.05, 3.63) is 47.0 Å². The molecule has 19 heteroatoms. The predicted molar refractivity (Wildman–Crippen MR) is 130 cm³/mol. The van der Waals surface area contributed by atoms with E-state index in [1.54, 1.807) is 0 Å². The molecule has 0 fully saturated rings. The molecule has 0 spiro atoms. The van der Waals surface area contributed by atoms with Gasteiger partial charge in [-0.2, -0.15) is 26.3 Å². The van der Waals surface area contributed by atoms with Gasteiger partial charge in [0, 0.05) is 24.7 Å². The van der Waals surface area contributed by atoms with Crippen molar-refractivity contribution in [1.82, 2.24) is 20.1 Å². The summed E-state index contributed by atoms with van der Waals surface area (Å²) < 4.78 is 136. The molecule has 2 aromatic heterocycles. The van der Waals surface area contributed by atoms with Crippen LogP contribution >= 0.6 is 0 Å². The summed E-state index contributed by atoms with van der Waals surface area (Å²) in [4.78, 5) is 18.2. The summed E-state index contributed by atoms with van der Waals surface area (Å²) in [6.45, 7) is -0.867. The number of benzene rings is 1. The first-order chi connectivity index (χ1) is 20.3. The number of hydrogen-bond acceptors (Lipinski definition) is 9. The fourth-order valence-corrected chi connectivity index (χ4v) is 4.46. The number of methoxy groups -OCH3 is 1. The van der Waals surface area contributed by atoms with Crippen LogP contribution in [0.5, 0.6) is 11.5 Å². The van der Waals surface area contributed by atoms with E-state index < -0.39 is 83.4 Å². The molecule has 3 N–H and O–H groups in total. The van der Waals surface area contributed by atoms with Gasteiger partial charge in [-0.3, -0.25) is 4.79 Å². The average molecular weight is 643 g/mol. The Morgan fingerprint density at radius 2 is 1.73 bits per heavy atom. The highest BCUT2D eigenvalue weighted by Crippen LogP contribution is 2.44. The maximum absolute atomic E-state index is 14.1. The Morgan fingerprint density at radius 1 is 1.02 bits per heavy atom. The van der Waals surface area contributed by atoms with Crippen molar-refractivity contribution >= 4 is 11.6 Å². The molecule has 0 saturated carbocycles. The minimum absolute atomic E-state index is 0.0497. The number of ether oxygens (including phenoxy) is 2. The number of fused-ring (bicyclic) bond motifs is 5. The van der Waals surface area contributed by atoms with Crippen LogP contribution < -0.4 is 15.2 Å². The number of aromatic nitrogens is 3. The standard InChI is InChI=1S/C25H22F9N5O5/c1-42-16-9-13(44-25(32,33)34)6-5-12(16)11-39-8-4-2-3-7-22(41,24(29,30)31)21-38-37-19(43-21)18-15(35)10-14(23(26,27)28)17(36-18)20(39)40/h5-6,9-10,41H,2-4,7-8,11,35H2,1H3. The molecule has 1 amide bonds. The summed E-state index contributed by atoms with van der Waals surface area (Å²) >= 11 is 0. The topological polar surface area (TPSA) is 137 Å². The van der Waals surface area contributed by atoms with Gasteiger partial charge in [0.2, 0.25) is 5.60 Å². The van der Waals surface area contributed by atoms with E-state index in [0.29, 0.717) is 6.07 Å². The Morgan fingerprint density at radius 3 is 2.34 bits per heavy atom. The van der Waals surface area contributed by atoms with Crippen LogP contribution in [0.2, 0.25) is 0 Å². The summed E-state index contributed by atoms with van der Waals surface area (Å²) in [6.07, 6.45) is -16.9. The number of pyridine rings is 1. The zero-order valence-electron chi connectivity index (χ0n) is 22.4. The predicted octanol–water partition coefficient (Wildman–Crippen LogP) is 5.61. The van der Waals surface area contributed by atoms with Gasteiger partial charge in [-0.05, 0) is 37.5 Å². The van der Waals surface area contributed by atoms with Crippen LogP contribution in [0.15, 0.2) is 28.7 Å². The molecule has 4 rings (SSSR count). The number of aliphatic hydroxyl groups is 1. The summed E-state index contributed by atoms with van der Waals surface area (Å²) in [7, 11) is 1.09. The first-order valence-electron chi connectivity index (χ1n) is 12.6. The van der Waals surface area contributed by atoms with E-state index in [0.717, 1.165) is 30.2 Å². The molecule has 0 radical (unpaired) electrons. The van der Waals surface area contributed by atoms with Crippen LogP contribution in [-0.2, 0) is 18.3 Å². The zero-order chi connectivity index (χ0) is 32.7. The molecule has 0 saturated heterocycles. The monoisotopic (exact) mass is 643 g/mol. The number of alkyl halides is 9. The SMILES string of the molecule is COc1cc(OC(F)(F)F)ccc1CN1CCCCCC(O)(C(F)(F)F)c2nnc(o2)-c2nc(c(C(F)(F)F)cc2N)C1=O. The third-order valence-electron chi connectivity index (χ3n) is 6.62. The lowest BCUT2D eigenvalue weighted by atomic mass is 9.95. The van der Waals surface area contributed by atoms with E-state index in [1.165, 1.54) is 0 Å². The van der Waals surface area contributed by atoms with Gasteiger partial charge in [-0.15, -0.1) is 23.4 Å². The van der Waals surface area contributed by atoms with E-state index in [2.05, 4.69) is 19.9 Å². The molecule has 1 aliphatic rings. The van der Waals surface area contributed by atoms with Gasteiger partial charge in [0.1, 0.15) is 17.2 Å². The minimum Gasteiger partial charge on any atom is -0.496 e. The maximum Gasteiger partial charge on any atom is 0.573 e. The molecule has 3 aromatic rings. The van der Waals surface area contributed by atoms with Crippen molar-refractivity contribution in [2.45, 2.75) is 56.5 Å². The van der Waals surface area contributed by atoms with Crippen molar-refractivity contribution in [3.8, 4) is 23.1 Å². The Kier molecular flexibility index (Phi) is 8.64. The molecule has 240 valence electrons. The molecule has 10 nitrogen and oxygen atoms in total. The lowest BCUT2D eigenvalue weighted by Gasteiger charge is -2.28. The van der Waals surface area contributed by atoms with Crippen LogP contribution in [0.3, 0.4) is 0 Å².